The molecule has 3 nitrogen and oxygen atoms in total. The zero-order valence-electron chi connectivity index (χ0n) is 10.5. The molecule has 0 fully saturated rings. The van der Waals surface area contributed by atoms with Crippen LogP contribution >= 0.6 is 9.24 Å². The molecule has 0 radical (unpaired) electrons. The SMILES string of the molecule is O=C([O-])c1cccnc1/C=C/c1ccccc1P.[Na+]. The van der Waals surface area contributed by atoms with E-state index in [1.54, 1.807) is 18.3 Å². The molecular weight excluding hydrogens is 268 g/mol. The molecule has 0 amide bonds. The number of benzene rings is 1. The Morgan fingerprint density at radius 2 is 1.89 bits per heavy atom. The number of pyridine rings is 1. The third kappa shape index (κ3) is 4.26. The van der Waals surface area contributed by atoms with Crippen LogP contribution in [0.2, 0.25) is 0 Å². The van der Waals surface area contributed by atoms with Crippen LogP contribution < -0.4 is 40.0 Å². The van der Waals surface area contributed by atoms with E-state index in [0.717, 1.165) is 10.9 Å². The first-order chi connectivity index (χ1) is 8.68. The second kappa shape index (κ2) is 7.56. The third-order valence-corrected chi connectivity index (χ3v) is 3.00. The molecule has 0 aliphatic rings. The van der Waals surface area contributed by atoms with E-state index in [1.807, 2.05) is 30.3 Å². The summed E-state index contributed by atoms with van der Waals surface area (Å²) in [5, 5.41) is 12.0. The Balaban J connectivity index is 0.00000180. The summed E-state index contributed by atoms with van der Waals surface area (Å²) in [6, 6.07) is 10.8. The number of carboxylic acids is 1. The Morgan fingerprint density at radius 3 is 2.58 bits per heavy atom. The fourth-order valence-electron chi connectivity index (χ4n) is 1.55. The first-order valence-corrected chi connectivity index (χ1v) is 5.95. The van der Waals surface area contributed by atoms with Crippen LogP contribution in [0, 0.1) is 0 Å². The summed E-state index contributed by atoms with van der Waals surface area (Å²) < 4.78 is 0. The van der Waals surface area contributed by atoms with E-state index in [-0.39, 0.29) is 35.1 Å². The Labute approximate surface area is 136 Å². The molecule has 0 aliphatic carbocycles. The number of aromatic carboxylic acids is 1. The van der Waals surface area contributed by atoms with Gasteiger partial charge in [-0.05, 0) is 29.1 Å². The van der Waals surface area contributed by atoms with Crippen LogP contribution in [-0.4, -0.2) is 11.0 Å². The number of aromatic nitrogens is 1. The molecule has 90 valence electrons. The molecule has 1 unspecified atom stereocenters. The molecule has 0 N–H and O–H groups in total. The Morgan fingerprint density at radius 1 is 1.16 bits per heavy atom. The molecule has 1 aromatic heterocycles. The minimum absolute atomic E-state index is 0. The average Bonchev–Trinajstić information content (AvgIpc) is 2.38. The van der Waals surface area contributed by atoms with E-state index < -0.39 is 5.97 Å². The number of hydrogen-bond donors (Lipinski definition) is 0. The van der Waals surface area contributed by atoms with Gasteiger partial charge in [-0.1, -0.05) is 30.3 Å². The third-order valence-electron chi connectivity index (χ3n) is 2.48. The van der Waals surface area contributed by atoms with Crippen molar-refractivity contribution in [2.75, 3.05) is 0 Å². The van der Waals surface area contributed by atoms with Gasteiger partial charge in [0.2, 0.25) is 0 Å². The number of carbonyl (C=O) groups is 1. The van der Waals surface area contributed by atoms with Gasteiger partial charge in [0.05, 0.1) is 11.7 Å². The molecule has 2 aromatic rings. The number of rotatable bonds is 3. The average molecular weight is 279 g/mol. The molecule has 1 heterocycles. The van der Waals surface area contributed by atoms with E-state index in [1.165, 1.54) is 6.07 Å². The van der Waals surface area contributed by atoms with E-state index in [9.17, 15) is 9.90 Å². The molecule has 1 atom stereocenters. The summed E-state index contributed by atoms with van der Waals surface area (Å²) in [6.45, 7) is 0. The van der Waals surface area contributed by atoms with Crippen molar-refractivity contribution in [1.29, 1.82) is 0 Å². The number of carbonyl (C=O) groups excluding carboxylic acids is 1. The summed E-state index contributed by atoms with van der Waals surface area (Å²) in [5.41, 5.74) is 1.48. The molecule has 0 spiro atoms. The molecule has 19 heavy (non-hydrogen) atoms. The summed E-state index contributed by atoms with van der Waals surface area (Å²) >= 11 is 0. The van der Waals surface area contributed by atoms with Crippen molar-refractivity contribution in [1.82, 2.24) is 4.98 Å². The largest absolute Gasteiger partial charge is 1.00 e. The molecule has 0 bridgehead atoms. The topological polar surface area (TPSA) is 53.0 Å². The van der Waals surface area contributed by atoms with Crippen LogP contribution in [0.3, 0.4) is 0 Å². The second-order valence-electron chi connectivity index (χ2n) is 3.69. The van der Waals surface area contributed by atoms with Gasteiger partial charge in [-0.15, -0.1) is 9.24 Å². The fourth-order valence-corrected chi connectivity index (χ4v) is 1.86. The Bertz CT molecular complexity index is 614. The van der Waals surface area contributed by atoms with Crippen LogP contribution in [0.25, 0.3) is 12.2 Å². The second-order valence-corrected chi connectivity index (χ2v) is 4.31. The zero-order valence-corrected chi connectivity index (χ0v) is 13.7. The summed E-state index contributed by atoms with van der Waals surface area (Å²) in [5.74, 6) is -1.22. The van der Waals surface area contributed by atoms with Crippen molar-refractivity contribution in [3.05, 3.63) is 59.4 Å². The first-order valence-electron chi connectivity index (χ1n) is 5.37. The quantitative estimate of drug-likeness (QED) is 0.488. The molecular formula is C14H11NNaO2P. The molecule has 0 saturated carbocycles. The standard InChI is InChI=1S/C14H12NO2P.Na/c16-14(17)11-5-3-9-15-12(11)8-7-10-4-1-2-6-13(10)18;/h1-9H,18H2,(H,16,17);/q;+1/p-1/b8-7+;. The minimum Gasteiger partial charge on any atom is -0.545 e. The van der Waals surface area contributed by atoms with E-state index in [2.05, 4.69) is 14.2 Å². The van der Waals surface area contributed by atoms with Crippen LogP contribution in [0.15, 0.2) is 42.6 Å². The van der Waals surface area contributed by atoms with Gasteiger partial charge < -0.3 is 9.90 Å². The van der Waals surface area contributed by atoms with Gasteiger partial charge in [0, 0.05) is 11.8 Å². The van der Waals surface area contributed by atoms with Gasteiger partial charge in [-0.25, -0.2) is 0 Å². The maximum atomic E-state index is 10.9. The Kier molecular flexibility index (Phi) is 6.40. The summed E-state index contributed by atoms with van der Waals surface area (Å²) in [7, 11) is 2.63. The number of nitrogens with zero attached hydrogens (tertiary/aromatic N) is 1. The molecule has 0 aliphatic heterocycles. The molecule has 5 heteroatoms. The van der Waals surface area contributed by atoms with Gasteiger partial charge in [-0.3, -0.25) is 4.98 Å². The summed E-state index contributed by atoms with van der Waals surface area (Å²) in [4.78, 5) is 14.9. The molecule has 0 saturated heterocycles. The van der Waals surface area contributed by atoms with E-state index in [0.29, 0.717) is 5.69 Å². The van der Waals surface area contributed by atoms with Crippen molar-refractivity contribution in [2.24, 2.45) is 0 Å². The van der Waals surface area contributed by atoms with Crippen LogP contribution in [0.5, 0.6) is 0 Å². The molecule has 2 rings (SSSR count). The first kappa shape index (κ1) is 16.1. The maximum absolute atomic E-state index is 10.9. The van der Waals surface area contributed by atoms with E-state index >= 15 is 0 Å². The predicted molar refractivity (Wildman–Crippen MR) is 73.3 cm³/mol. The van der Waals surface area contributed by atoms with Gasteiger partial charge in [0.25, 0.3) is 0 Å². The fraction of sp³-hybridized carbons (Fsp3) is 0. The smallest absolute Gasteiger partial charge is 0.545 e. The molecule has 1 aromatic carbocycles. The van der Waals surface area contributed by atoms with Gasteiger partial charge in [0.15, 0.2) is 0 Å². The number of hydrogen-bond acceptors (Lipinski definition) is 3. The van der Waals surface area contributed by atoms with Crippen LogP contribution in [0.4, 0.5) is 0 Å². The van der Waals surface area contributed by atoms with Crippen LogP contribution in [-0.2, 0) is 0 Å². The minimum atomic E-state index is -1.22. The van der Waals surface area contributed by atoms with Crippen molar-refractivity contribution >= 4 is 32.7 Å². The Hall–Kier alpha value is -0.990. The predicted octanol–water partition coefficient (Wildman–Crippen LogP) is -1.88. The van der Waals surface area contributed by atoms with Crippen LogP contribution in [0.1, 0.15) is 21.6 Å². The van der Waals surface area contributed by atoms with E-state index in [4.69, 9.17) is 0 Å². The van der Waals surface area contributed by atoms with Gasteiger partial charge in [0.1, 0.15) is 0 Å². The van der Waals surface area contributed by atoms with Gasteiger partial charge in [-0.2, -0.15) is 0 Å². The van der Waals surface area contributed by atoms with Crippen molar-refractivity contribution in [3.8, 4) is 0 Å². The van der Waals surface area contributed by atoms with Crippen molar-refractivity contribution in [3.63, 3.8) is 0 Å². The monoisotopic (exact) mass is 279 g/mol. The van der Waals surface area contributed by atoms with Crippen molar-refractivity contribution in [2.45, 2.75) is 0 Å². The number of carboxylic acid groups (broad SMARTS) is 1. The zero-order chi connectivity index (χ0) is 13.0. The van der Waals surface area contributed by atoms with Gasteiger partial charge >= 0.3 is 29.6 Å². The summed E-state index contributed by atoms with van der Waals surface area (Å²) in [6.07, 6.45) is 5.06. The normalized spacial score (nSPS) is 10.2. The maximum Gasteiger partial charge on any atom is 1.00 e. The van der Waals surface area contributed by atoms with Crippen molar-refractivity contribution < 1.29 is 39.5 Å².